The number of allylic oxidation sites excluding steroid dienone is 2. The Kier molecular flexibility index (Phi) is 3.70. The van der Waals surface area contributed by atoms with E-state index in [0.717, 1.165) is 11.1 Å². The van der Waals surface area contributed by atoms with Crippen LogP contribution in [0.3, 0.4) is 0 Å². The summed E-state index contributed by atoms with van der Waals surface area (Å²) in [4.78, 5) is 26.9. The number of hydrogen-bond donors (Lipinski definition) is 0. The van der Waals surface area contributed by atoms with Gasteiger partial charge in [-0.3, -0.25) is 14.5 Å². The van der Waals surface area contributed by atoms with Gasteiger partial charge in [0.2, 0.25) is 11.8 Å². The summed E-state index contributed by atoms with van der Waals surface area (Å²) in [6.07, 6.45) is 3.13. The van der Waals surface area contributed by atoms with Crippen LogP contribution in [0.2, 0.25) is 0 Å². The van der Waals surface area contributed by atoms with Gasteiger partial charge < -0.3 is 0 Å². The van der Waals surface area contributed by atoms with E-state index >= 15 is 0 Å². The minimum Gasteiger partial charge on any atom is -0.274 e. The van der Waals surface area contributed by atoms with Gasteiger partial charge >= 0.3 is 0 Å². The summed E-state index contributed by atoms with van der Waals surface area (Å²) in [7, 11) is 0. The second kappa shape index (κ2) is 6.03. The van der Waals surface area contributed by atoms with E-state index in [1.54, 1.807) is 18.2 Å². The van der Waals surface area contributed by atoms with Crippen molar-refractivity contribution in [2.24, 2.45) is 11.8 Å². The van der Waals surface area contributed by atoms with Crippen molar-refractivity contribution < 1.29 is 9.59 Å². The van der Waals surface area contributed by atoms with E-state index in [4.69, 9.17) is 5.26 Å². The van der Waals surface area contributed by atoms with Crippen LogP contribution in [0.4, 0.5) is 5.69 Å². The van der Waals surface area contributed by atoms with Gasteiger partial charge in [-0.25, -0.2) is 0 Å². The quantitative estimate of drug-likeness (QED) is 0.792. The van der Waals surface area contributed by atoms with Gasteiger partial charge in [0.15, 0.2) is 0 Å². The van der Waals surface area contributed by atoms with Crippen LogP contribution in [-0.4, -0.2) is 11.8 Å². The second-order valence-corrected chi connectivity index (χ2v) is 6.42. The molecule has 1 aliphatic heterocycles. The molecule has 1 fully saturated rings. The van der Waals surface area contributed by atoms with Crippen molar-refractivity contribution in [3.63, 3.8) is 0 Å². The number of hydrogen-bond acceptors (Lipinski definition) is 3. The molecule has 4 heteroatoms. The van der Waals surface area contributed by atoms with Crippen LogP contribution in [0.15, 0.2) is 60.7 Å². The molecule has 4 rings (SSSR count). The summed E-state index contributed by atoms with van der Waals surface area (Å²) in [5, 5.41) is 9.07. The molecule has 0 unspecified atom stereocenters. The standard InChI is InChI=1S/C21H16N2O2/c22-13-14-5-4-6-15(11-14)16-9-10-18-19(12-16)21(25)23(20(18)24)17-7-2-1-3-8-17/h1-9,11,18-19H,10,12H2/t18-,19+/m0/s1. The molecule has 0 N–H and O–H groups in total. The summed E-state index contributed by atoms with van der Waals surface area (Å²) in [6.45, 7) is 0. The lowest BCUT2D eigenvalue weighted by Crippen LogP contribution is -2.30. The van der Waals surface area contributed by atoms with Gasteiger partial charge in [0.25, 0.3) is 0 Å². The van der Waals surface area contributed by atoms with Crippen LogP contribution in [0.5, 0.6) is 0 Å². The average Bonchev–Trinajstić information content (AvgIpc) is 2.92. The first-order chi connectivity index (χ1) is 12.2. The lowest BCUT2D eigenvalue weighted by molar-refractivity contribution is -0.122. The lowest BCUT2D eigenvalue weighted by atomic mass is 9.79. The van der Waals surface area contributed by atoms with Crippen molar-refractivity contribution in [2.45, 2.75) is 12.8 Å². The minimum atomic E-state index is -0.321. The lowest BCUT2D eigenvalue weighted by Gasteiger charge is -2.21. The molecule has 0 spiro atoms. The monoisotopic (exact) mass is 328 g/mol. The van der Waals surface area contributed by atoms with Gasteiger partial charge in [-0.2, -0.15) is 5.26 Å². The minimum absolute atomic E-state index is 0.109. The van der Waals surface area contributed by atoms with Crippen molar-refractivity contribution in [2.75, 3.05) is 4.90 Å². The second-order valence-electron chi connectivity index (χ2n) is 6.42. The Morgan fingerprint density at radius 3 is 2.48 bits per heavy atom. The maximum Gasteiger partial charge on any atom is 0.238 e. The Labute approximate surface area is 146 Å². The number of amides is 2. The first-order valence-corrected chi connectivity index (χ1v) is 8.31. The summed E-state index contributed by atoms with van der Waals surface area (Å²) < 4.78 is 0. The molecule has 0 bridgehead atoms. The molecule has 25 heavy (non-hydrogen) atoms. The molecule has 2 aliphatic rings. The molecule has 2 aromatic carbocycles. The maximum absolute atomic E-state index is 12.9. The number of carbonyl (C=O) groups excluding carboxylic acids is 2. The molecule has 2 aromatic rings. The fraction of sp³-hybridized carbons (Fsp3) is 0.190. The maximum atomic E-state index is 12.9. The highest BCUT2D eigenvalue weighted by Gasteiger charge is 2.49. The SMILES string of the molecule is N#Cc1cccc(C2=CC[C@@H]3C(=O)N(c4ccccc4)C(=O)[C@@H]3C2)c1. The van der Waals surface area contributed by atoms with Gasteiger partial charge in [-0.15, -0.1) is 0 Å². The normalized spacial score (nSPS) is 22.4. The molecule has 1 heterocycles. The smallest absolute Gasteiger partial charge is 0.238 e. The number of para-hydroxylation sites is 1. The van der Waals surface area contributed by atoms with Crippen LogP contribution in [0.25, 0.3) is 5.57 Å². The molecule has 1 saturated heterocycles. The molecular weight excluding hydrogens is 312 g/mol. The Hall–Kier alpha value is -3.19. The first kappa shape index (κ1) is 15.3. The highest BCUT2D eigenvalue weighted by Crippen LogP contribution is 2.42. The summed E-state index contributed by atoms with van der Waals surface area (Å²) in [5.41, 5.74) is 3.23. The van der Waals surface area contributed by atoms with Crippen LogP contribution in [0, 0.1) is 23.2 Å². The first-order valence-electron chi connectivity index (χ1n) is 8.31. The number of anilines is 1. The average molecular weight is 328 g/mol. The number of nitriles is 1. The van der Waals surface area contributed by atoms with E-state index in [-0.39, 0.29) is 23.7 Å². The van der Waals surface area contributed by atoms with Gasteiger partial charge in [0.1, 0.15) is 0 Å². The van der Waals surface area contributed by atoms with Gasteiger partial charge in [0.05, 0.1) is 29.2 Å². The number of benzene rings is 2. The third-order valence-electron chi connectivity index (χ3n) is 5.00. The Balaban J connectivity index is 1.64. The molecular formula is C21H16N2O2. The fourth-order valence-electron chi connectivity index (χ4n) is 3.72. The highest BCUT2D eigenvalue weighted by molar-refractivity contribution is 6.22. The fourth-order valence-corrected chi connectivity index (χ4v) is 3.72. The van der Waals surface area contributed by atoms with E-state index < -0.39 is 0 Å². The zero-order chi connectivity index (χ0) is 17.4. The van der Waals surface area contributed by atoms with E-state index in [1.807, 2.05) is 42.5 Å². The number of imide groups is 1. The summed E-state index contributed by atoms with van der Waals surface area (Å²) >= 11 is 0. The zero-order valence-corrected chi connectivity index (χ0v) is 13.6. The third-order valence-corrected chi connectivity index (χ3v) is 5.00. The van der Waals surface area contributed by atoms with Gasteiger partial charge in [0, 0.05) is 0 Å². The van der Waals surface area contributed by atoms with Crippen molar-refractivity contribution in [1.82, 2.24) is 0 Å². The van der Waals surface area contributed by atoms with Crippen molar-refractivity contribution in [1.29, 1.82) is 5.26 Å². The van der Waals surface area contributed by atoms with E-state index in [9.17, 15) is 9.59 Å². The molecule has 0 radical (unpaired) electrons. The number of fused-ring (bicyclic) bond motifs is 1. The predicted molar refractivity (Wildman–Crippen MR) is 94.3 cm³/mol. The molecule has 0 saturated carbocycles. The van der Waals surface area contributed by atoms with Crippen LogP contribution >= 0.6 is 0 Å². The number of nitrogens with zero attached hydrogens (tertiary/aromatic N) is 2. The summed E-state index contributed by atoms with van der Waals surface area (Å²) in [5.74, 6) is -0.834. The molecule has 4 nitrogen and oxygen atoms in total. The van der Waals surface area contributed by atoms with Crippen LogP contribution in [0.1, 0.15) is 24.0 Å². The van der Waals surface area contributed by atoms with Crippen molar-refractivity contribution in [3.8, 4) is 6.07 Å². The molecule has 2 amide bonds. The van der Waals surface area contributed by atoms with E-state index in [0.29, 0.717) is 24.1 Å². The van der Waals surface area contributed by atoms with Crippen LogP contribution < -0.4 is 4.90 Å². The molecule has 122 valence electrons. The zero-order valence-electron chi connectivity index (χ0n) is 13.6. The van der Waals surface area contributed by atoms with E-state index in [2.05, 4.69) is 6.07 Å². The van der Waals surface area contributed by atoms with Crippen molar-refractivity contribution >= 4 is 23.1 Å². The Morgan fingerprint density at radius 2 is 1.72 bits per heavy atom. The topological polar surface area (TPSA) is 61.2 Å². The number of carbonyl (C=O) groups is 2. The third kappa shape index (κ3) is 2.54. The van der Waals surface area contributed by atoms with Crippen molar-refractivity contribution in [3.05, 3.63) is 71.8 Å². The summed E-state index contributed by atoms with van der Waals surface area (Å²) in [6, 6.07) is 18.6. The molecule has 2 atom stereocenters. The van der Waals surface area contributed by atoms with E-state index in [1.165, 1.54) is 4.90 Å². The highest BCUT2D eigenvalue weighted by atomic mass is 16.2. The predicted octanol–water partition coefficient (Wildman–Crippen LogP) is 3.54. The van der Waals surface area contributed by atoms with Gasteiger partial charge in [-0.1, -0.05) is 36.4 Å². The number of rotatable bonds is 2. The molecule has 1 aliphatic carbocycles. The Morgan fingerprint density at radius 1 is 0.960 bits per heavy atom. The largest absolute Gasteiger partial charge is 0.274 e. The Bertz CT molecular complexity index is 924. The molecule has 0 aromatic heterocycles. The van der Waals surface area contributed by atoms with Gasteiger partial charge in [-0.05, 0) is 48.2 Å². The van der Waals surface area contributed by atoms with Crippen LogP contribution in [-0.2, 0) is 9.59 Å².